The molecule has 0 bridgehead atoms. The van der Waals surface area contributed by atoms with E-state index in [4.69, 9.17) is 5.73 Å². The molecule has 96 valence electrons. The first-order chi connectivity index (χ1) is 9.24. The molecule has 0 fully saturated rings. The molecule has 1 amide bonds. The van der Waals surface area contributed by atoms with Crippen LogP contribution in [-0.4, -0.2) is 5.91 Å². The van der Waals surface area contributed by atoms with Gasteiger partial charge in [0.1, 0.15) is 0 Å². The van der Waals surface area contributed by atoms with Gasteiger partial charge in [0, 0.05) is 6.42 Å². The molecule has 2 aromatic rings. The topological polar surface area (TPSA) is 43.1 Å². The molecule has 0 aliphatic carbocycles. The molecule has 2 rings (SSSR count). The Morgan fingerprint density at radius 2 is 1.58 bits per heavy atom. The average Bonchev–Trinajstić information content (AvgIpc) is 2.42. The lowest BCUT2D eigenvalue weighted by molar-refractivity contribution is -0.117. The number of carbonyl (C=O) groups excluding carboxylic acids is 1. The molecule has 0 unspecified atom stereocenters. The molecule has 2 heteroatoms. The zero-order chi connectivity index (χ0) is 13.5. The third-order valence-electron chi connectivity index (χ3n) is 2.86. The van der Waals surface area contributed by atoms with Crippen LogP contribution in [0.2, 0.25) is 0 Å². The van der Waals surface area contributed by atoms with Gasteiger partial charge in [-0.15, -0.1) is 0 Å². The van der Waals surface area contributed by atoms with Gasteiger partial charge in [0.15, 0.2) is 0 Å². The Morgan fingerprint density at radius 3 is 2.21 bits per heavy atom. The predicted molar refractivity (Wildman–Crippen MR) is 78.5 cm³/mol. The summed E-state index contributed by atoms with van der Waals surface area (Å²) in [6.07, 6.45) is 4.92. The Balaban J connectivity index is 1.98. The molecule has 0 aliphatic rings. The fourth-order valence-electron chi connectivity index (χ4n) is 1.89. The Hall–Kier alpha value is -2.35. The van der Waals surface area contributed by atoms with Crippen LogP contribution >= 0.6 is 0 Å². The maximum Gasteiger partial charge on any atom is 0.221 e. The highest BCUT2D eigenvalue weighted by Gasteiger charge is 1.95. The van der Waals surface area contributed by atoms with Gasteiger partial charge in [-0.1, -0.05) is 66.7 Å². The molecular weight excluding hydrogens is 234 g/mol. The minimum Gasteiger partial charge on any atom is -0.369 e. The lowest BCUT2D eigenvalue weighted by atomic mass is 10.0. The van der Waals surface area contributed by atoms with Crippen molar-refractivity contribution in [2.75, 3.05) is 0 Å². The highest BCUT2D eigenvalue weighted by molar-refractivity contribution is 5.76. The van der Waals surface area contributed by atoms with E-state index >= 15 is 0 Å². The van der Waals surface area contributed by atoms with Gasteiger partial charge in [-0.25, -0.2) is 0 Å². The van der Waals surface area contributed by atoms with E-state index < -0.39 is 0 Å². The smallest absolute Gasteiger partial charge is 0.221 e. The highest BCUT2D eigenvalue weighted by Crippen LogP contribution is 2.11. The fourth-order valence-corrected chi connectivity index (χ4v) is 1.89. The van der Waals surface area contributed by atoms with E-state index in [0.717, 1.165) is 12.0 Å². The molecule has 0 radical (unpaired) electrons. The monoisotopic (exact) mass is 251 g/mol. The maximum atomic E-state index is 10.6. The molecule has 0 spiro atoms. The van der Waals surface area contributed by atoms with E-state index in [1.165, 1.54) is 11.1 Å². The first-order valence-corrected chi connectivity index (χ1v) is 6.32. The molecular formula is C17H17NO. The second kappa shape index (κ2) is 6.55. The van der Waals surface area contributed by atoms with Crippen LogP contribution < -0.4 is 5.73 Å². The summed E-state index contributed by atoms with van der Waals surface area (Å²) < 4.78 is 0. The average molecular weight is 251 g/mol. The van der Waals surface area contributed by atoms with Crippen LogP contribution in [0.25, 0.3) is 6.08 Å². The third-order valence-corrected chi connectivity index (χ3v) is 2.86. The van der Waals surface area contributed by atoms with Crippen LogP contribution in [0, 0.1) is 0 Å². The molecule has 19 heavy (non-hydrogen) atoms. The fraction of sp³-hybridized carbons (Fsp3) is 0.118. The first-order valence-electron chi connectivity index (χ1n) is 6.32. The van der Waals surface area contributed by atoms with E-state index in [0.29, 0.717) is 0 Å². The van der Waals surface area contributed by atoms with Gasteiger partial charge >= 0.3 is 0 Å². The molecule has 0 heterocycles. The molecule has 0 atom stereocenters. The van der Waals surface area contributed by atoms with E-state index in [2.05, 4.69) is 48.5 Å². The minimum atomic E-state index is -0.308. The summed E-state index contributed by atoms with van der Waals surface area (Å²) in [6, 6.07) is 18.7. The Morgan fingerprint density at radius 1 is 0.947 bits per heavy atom. The summed E-state index contributed by atoms with van der Waals surface area (Å²) in [7, 11) is 0. The number of hydrogen-bond donors (Lipinski definition) is 1. The van der Waals surface area contributed by atoms with Crippen molar-refractivity contribution < 1.29 is 4.79 Å². The van der Waals surface area contributed by atoms with Crippen LogP contribution in [0.1, 0.15) is 23.1 Å². The van der Waals surface area contributed by atoms with Gasteiger partial charge < -0.3 is 5.73 Å². The normalized spacial score (nSPS) is 10.7. The van der Waals surface area contributed by atoms with Crippen molar-refractivity contribution in [3.8, 4) is 0 Å². The molecule has 0 aromatic heterocycles. The third kappa shape index (κ3) is 4.43. The number of benzene rings is 2. The van der Waals surface area contributed by atoms with E-state index in [1.807, 2.05) is 12.1 Å². The summed E-state index contributed by atoms with van der Waals surface area (Å²) in [4.78, 5) is 10.6. The first kappa shape index (κ1) is 13.1. The molecule has 0 saturated carbocycles. The lowest BCUT2D eigenvalue weighted by Gasteiger charge is -2.02. The van der Waals surface area contributed by atoms with Crippen LogP contribution in [-0.2, 0) is 11.2 Å². The minimum absolute atomic E-state index is 0.283. The molecule has 0 aliphatic heterocycles. The van der Waals surface area contributed by atoms with Gasteiger partial charge in [0.05, 0.1) is 0 Å². The number of carbonyl (C=O) groups is 1. The van der Waals surface area contributed by atoms with E-state index in [9.17, 15) is 4.79 Å². The molecule has 0 saturated heterocycles. The molecule has 2 N–H and O–H groups in total. The predicted octanol–water partition coefficient (Wildman–Crippen LogP) is 3.17. The number of amides is 1. The van der Waals surface area contributed by atoms with Crippen molar-refractivity contribution in [2.45, 2.75) is 12.8 Å². The van der Waals surface area contributed by atoms with Crippen LogP contribution in [0.4, 0.5) is 0 Å². The largest absolute Gasteiger partial charge is 0.369 e. The van der Waals surface area contributed by atoms with Gasteiger partial charge in [-0.05, 0) is 23.1 Å². The van der Waals surface area contributed by atoms with Gasteiger partial charge in [-0.3, -0.25) is 4.79 Å². The van der Waals surface area contributed by atoms with Crippen molar-refractivity contribution in [3.63, 3.8) is 0 Å². The summed E-state index contributed by atoms with van der Waals surface area (Å²) in [5.41, 5.74) is 8.74. The summed E-state index contributed by atoms with van der Waals surface area (Å²) in [5.74, 6) is -0.308. The second-order valence-electron chi connectivity index (χ2n) is 4.48. The van der Waals surface area contributed by atoms with Crippen molar-refractivity contribution in [1.29, 1.82) is 0 Å². The van der Waals surface area contributed by atoms with Gasteiger partial charge in [0.2, 0.25) is 5.91 Å². The second-order valence-corrected chi connectivity index (χ2v) is 4.48. The Labute approximate surface area is 113 Å². The van der Waals surface area contributed by atoms with Crippen molar-refractivity contribution in [2.24, 2.45) is 5.73 Å². The Kier molecular flexibility index (Phi) is 4.51. The summed E-state index contributed by atoms with van der Waals surface area (Å²) in [5, 5.41) is 0. The van der Waals surface area contributed by atoms with Gasteiger partial charge in [-0.2, -0.15) is 0 Å². The van der Waals surface area contributed by atoms with Crippen molar-refractivity contribution in [3.05, 3.63) is 77.4 Å². The Bertz CT molecular complexity index is 556. The van der Waals surface area contributed by atoms with Crippen molar-refractivity contribution in [1.82, 2.24) is 0 Å². The highest BCUT2D eigenvalue weighted by atomic mass is 16.1. The number of hydrogen-bond acceptors (Lipinski definition) is 1. The number of nitrogens with two attached hydrogens (primary N) is 1. The number of rotatable bonds is 5. The summed E-state index contributed by atoms with van der Waals surface area (Å²) in [6.45, 7) is 0. The molecule has 2 nitrogen and oxygen atoms in total. The van der Waals surface area contributed by atoms with E-state index in [1.54, 1.807) is 6.08 Å². The maximum absolute atomic E-state index is 10.6. The molecule has 2 aromatic carbocycles. The summed E-state index contributed by atoms with van der Waals surface area (Å²) >= 11 is 0. The zero-order valence-corrected chi connectivity index (χ0v) is 10.8. The number of primary amides is 1. The SMILES string of the molecule is NC(=O)CC=Cc1ccc(Cc2ccccc2)cc1. The van der Waals surface area contributed by atoms with Crippen LogP contribution in [0.5, 0.6) is 0 Å². The lowest BCUT2D eigenvalue weighted by Crippen LogP contribution is -2.07. The quantitative estimate of drug-likeness (QED) is 0.871. The standard InChI is InChI=1S/C17H17NO/c18-17(19)8-4-7-14-9-11-16(12-10-14)13-15-5-2-1-3-6-15/h1-7,9-12H,8,13H2,(H2,18,19). The van der Waals surface area contributed by atoms with Crippen molar-refractivity contribution >= 4 is 12.0 Å². The van der Waals surface area contributed by atoms with Crippen LogP contribution in [0.15, 0.2) is 60.7 Å². The zero-order valence-electron chi connectivity index (χ0n) is 10.8. The van der Waals surface area contributed by atoms with E-state index in [-0.39, 0.29) is 12.3 Å². The van der Waals surface area contributed by atoms with Gasteiger partial charge in [0.25, 0.3) is 0 Å². The van der Waals surface area contributed by atoms with Crippen LogP contribution in [0.3, 0.4) is 0 Å².